The van der Waals surface area contributed by atoms with Gasteiger partial charge in [-0.05, 0) is 52.4 Å². The summed E-state index contributed by atoms with van der Waals surface area (Å²) < 4.78 is 0. The quantitative estimate of drug-likeness (QED) is 0.208. The highest BCUT2D eigenvalue weighted by Crippen LogP contribution is 2.41. The number of anilines is 1. The first-order valence-electron chi connectivity index (χ1n) is 13.6. The number of hydrogen-bond donors (Lipinski definition) is 5. The highest BCUT2D eigenvalue weighted by Gasteiger charge is 2.41. The predicted octanol–water partition coefficient (Wildman–Crippen LogP) is 4.21. The van der Waals surface area contributed by atoms with E-state index in [1.807, 2.05) is 72.7 Å². The molecule has 11 heteroatoms. The fourth-order valence-electron chi connectivity index (χ4n) is 5.55. The molecule has 1 aromatic heterocycles. The van der Waals surface area contributed by atoms with E-state index in [4.69, 9.17) is 16.6 Å². The van der Waals surface area contributed by atoms with Gasteiger partial charge in [0, 0.05) is 47.4 Å². The van der Waals surface area contributed by atoms with Crippen LogP contribution in [0, 0.1) is 0 Å². The minimum Gasteiger partial charge on any atom is -0.374 e. The molecule has 5 N–H and O–H groups in total. The van der Waals surface area contributed by atoms with Crippen LogP contribution in [-0.2, 0) is 18.7 Å². The van der Waals surface area contributed by atoms with E-state index in [-0.39, 0.29) is 0 Å². The number of rotatable bonds is 8. The first-order chi connectivity index (χ1) is 20.5. The van der Waals surface area contributed by atoms with E-state index >= 15 is 0 Å². The summed E-state index contributed by atoms with van der Waals surface area (Å²) in [5, 5.41) is 28.2. The molecule has 7 rings (SSSR count). The van der Waals surface area contributed by atoms with Crippen LogP contribution < -0.4 is 26.7 Å². The Kier molecular flexibility index (Phi) is 6.93. The summed E-state index contributed by atoms with van der Waals surface area (Å²) in [7, 11) is 1.97. The van der Waals surface area contributed by atoms with Crippen LogP contribution in [0.1, 0.15) is 32.7 Å². The molecule has 0 amide bonds. The van der Waals surface area contributed by atoms with Crippen molar-refractivity contribution in [2.75, 3.05) is 18.7 Å². The van der Waals surface area contributed by atoms with Crippen molar-refractivity contribution in [3.63, 3.8) is 0 Å². The SMILES string of the molecule is CN1CNC=C1C(O)(c1ccc(CNCc2cccs2)cc1)c1ccc2c(c1)C(c1cccc(Cl)c1)=NC1=NNNN12. The lowest BCUT2D eigenvalue weighted by Gasteiger charge is -2.35. The molecule has 4 heterocycles. The van der Waals surface area contributed by atoms with Gasteiger partial charge in [-0.2, -0.15) is 0 Å². The molecule has 3 aliphatic rings. The first-order valence-corrected chi connectivity index (χ1v) is 14.8. The van der Waals surface area contributed by atoms with Crippen LogP contribution >= 0.6 is 22.9 Å². The van der Waals surface area contributed by atoms with E-state index in [1.54, 1.807) is 16.3 Å². The van der Waals surface area contributed by atoms with Crippen molar-refractivity contribution < 1.29 is 5.11 Å². The number of thiophene rings is 1. The molecule has 0 bridgehead atoms. The number of guanidine groups is 1. The Labute approximate surface area is 252 Å². The van der Waals surface area contributed by atoms with Crippen molar-refractivity contribution in [3.8, 4) is 0 Å². The molecular formula is C31H29ClN8OS. The third-order valence-electron chi connectivity index (χ3n) is 7.67. The maximum absolute atomic E-state index is 12.7. The van der Waals surface area contributed by atoms with Gasteiger partial charge in [0.25, 0.3) is 5.96 Å². The van der Waals surface area contributed by atoms with Crippen molar-refractivity contribution >= 4 is 40.3 Å². The monoisotopic (exact) mass is 596 g/mol. The highest BCUT2D eigenvalue weighted by molar-refractivity contribution is 7.09. The van der Waals surface area contributed by atoms with E-state index in [0.29, 0.717) is 23.2 Å². The van der Waals surface area contributed by atoms with Crippen LogP contribution in [0.25, 0.3) is 0 Å². The molecular weight excluding hydrogens is 568 g/mol. The van der Waals surface area contributed by atoms with Gasteiger partial charge in [-0.1, -0.05) is 60.1 Å². The third kappa shape index (κ3) is 4.73. The molecule has 0 radical (unpaired) electrons. The summed E-state index contributed by atoms with van der Waals surface area (Å²) in [6.45, 7) is 2.16. The zero-order valence-corrected chi connectivity index (χ0v) is 24.4. The van der Waals surface area contributed by atoms with Crippen molar-refractivity contribution in [1.82, 2.24) is 26.6 Å². The summed E-state index contributed by atoms with van der Waals surface area (Å²) in [5.74, 6) is 0.492. The van der Waals surface area contributed by atoms with Crippen molar-refractivity contribution in [2.24, 2.45) is 10.1 Å². The summed E-state index contributed by atoms with van der Waals surface area (Å²) in [6, 6.07) is 25.9. The van der Waals surface area contributed by atoms with Gasteiger partial charge < -0.3 is 20.6 Å². The number of likely N-dealkylation sites (N-methyl/N-ethyl adjacent to an activating group) is 1. The minimum absolute atomic E-state index is 0.492. The molecule has 0 fully saturated rings. The molecule has 3 aliphatic heterocycles. The largest absolute Gasteiger partial charge is 0.374 e. The first kappa shape index (κ1) is 26.7. The zero-order chi connectivity index (χ0) is 28.7. The van der Waals surface area contributed by atoms with Crippen LogP contribution in [0.3, 0.4) is 0 Å². The number of nitrogens with one attached hydrogen (secondary N) is 4. The number of aliphatic imine (C=N–C) groups is 1. The van der Waals surface area contributed by atoms with E-state index in [0.717, 1.165) is 52.4 Å². The molecule has 0 saturated carbocycles. The highest BCUT2D eigenvalue weighted by atomic mass is 35.5. The van der Waals surface area contributed by atoms with Gasteiger partial charge in [-0.25, -0.2) is 15.5 Å². The van der Waals surface area contributed by atoms with E-state index in [2.05, 4.69) is 56.5 Å². The molecule has 0 spiro atoms. The Morgan fingerprint density at radius 3 is 2.64 bits per heavy atom. The van der Waals surface area contributed by atoms with E-state index in [9.17, 15) is 5.11 Å². The van der Waals surface area contributed by atoms with Gasteiger partial charge in [0.05, 0.1) is 23.8 Å². The maximum Gasteiger partial charge on any atom is 0.265 e. The van der Waals surface area contributed by atoms with E-state index < -0.39 is 5.60 Å². The molecule has 0 aliphatic carbocycles. The second-order valence-electron chi connectivity index (χ2n) is 10.4. The molecule has 1 unspecified atom stereocenters. The maximum atomic E-state index is 12.7. The molecule has 3 aromatic carbocycles. The van der Waals surface area contributed by atoms with Gasteiger partial charge >= 0.3 is 0 Å². The van der Waals surface area contributed by atoms with Crippen molar-refractivity contribution in [2.45, 2.75) is 18.7 Å². The number of hydrogen-bond acceptors (Lipinski definition) is 10. The average Bonchev–Trinajstić information content (AvgIpc) is 3.79. The van der Waals surface area contributed by atoms with Gasteiger partial charge in [0.15, 0.2) is 5.60 Å². The Morgan fingerprint density at radius 2 is 1.88 bits per heavy atom. The van der Waals surface area contributed by atoms with Crippen LogP contribution in [0.15, 0.2) is 106 Å². The fourth-order valence-corrected chi connectivity index (χ4v) is 6.42. The van der Waals surface area contributed by atoms with Crippen LogP contribution in [0.4, 0.5) is 5.69 Å². The Balaban J connectivity index is 1.28. The van der Waals surface area contributed by atoms with Crippen LogP contribution in [-0.4, -0.2) is 35.4 Å². The average molecular weight is 597 g/mol. The lowest BCUT2D eigenvalue weighted by atomic mass is 9.81. The predicted molar refractivity (Wildman–Crippen MR) is 168 cm³/mol. The van der Waals surface area contributed by atoms with E-state index in [1.165, 1.54) is 4.88 Å². The van der Waals surface area contributed by atoms with Crippen LogP contribution in [0.5, 0.6) is 0 Å². The molecule has 1 atom stereocenters. The second kappa shape index (κ2) is 10.9. The number of hydrazone groups is 1. The Bertz CT molecular complexity index is 1720. The lowest BCUT2D eigenvalue weighted by molar-refractivity contribution is 0.0930. The standard InChI is InChI=1S/C31H29ClN8OS/c1-39-19-34-18-28(39)31(41,22-9-7-20(8-10-22)16-33-17-25-6-3-13-42-25)23-11-12-27-26(15-23)29(21-4-2-5-24(32)14-21)35-30-36-37-38-40(27)30/h2-15,18,33-34,37-38,41H,16-17,19H2,1H3. The third-order valence-corrected chi connectivity index (χ3v) is 8.78. The molecule has 9 nitrogen and oxygen atoms in total. The van der Waals surface area contributed by atoms with Crippen molar-refractivity contribution in [3.05, 3.63) is 134 Å². The van der Waals surface area contributed by atoms with Gasteiger partial charge in [0.2, 0.25) is 0 Å². The molecule has 42 heavy (non-hydrogen) atoms. The topological polar surface area (TPSA) is 99.5 Å². The Hall–Kier alpha value is -4.19. The second-order valence-corrected chi connectivity index (χ2v) is 11.8. The fraction of sp³-hybridized carbons (Fsp3) is 0.161. The van der Waals surface area contributed by atoms with Gasteiger partial charge in [0.1, 0.15) is 0 Å². The zero-order valence-electron chi connectivity index (χ0n) is 22.8. The summed E-state index contributed by atoms with van der Waals surface area (Å²) in [6.07, 6.45) is 1.89. The summed E-state index contributed by atoms with van der Waals surface area (Å²) >= 11 is 8.12. The van der Waals surface area contributed by atoms with Crippen LogP contribution in [0.2, 0.25) is 5.02 Å². The number of nitrogens with zero attached hydrogens (tertiary/aromatic N) is 4. The minimum atomic E-state index is -1.43. The van der Waals surface area contributed by atoms with Crippen molar-refractivity contribution in [1.29, 1.82) is 0 Å². The normalized spacial score (nSPS) is 17.0. The number of hydrazine groups is 2. The Morgan fingerprint density at radius 1 is 1.02 bits per heavy atom. The smallest absolute Gasteiger partial charge is 0.265 e. The van der Waals surface area contributed by atoms with Gasteiger partial charge in [-0.3, -0.25) is 0 Å². The van der Waals surface area contributed by atoms with Gasteiger partial charge in [-0.15, -0.1) is 22.0 Å². The summed E-state index contributed by atoms with van der Waals surface area (Å²) in [5.41, 5.74) is 11.0. The molecule has 4 aromatic rings. The number of halogens is 1. The lowest BCUT2D eigenvalue weighted by Crippen LogP contribution is -2.44. The summed E-state index contributed by atoms with van der Waals surface area (Å²) in [4.78, 5) is 8.18. The molecule has 0 saturated heterocycles. The number of benzene rings is 3. The number of fused-ring (bicyclic) bond motifs is 3. The molecule has 212 valence electrons. The number of aliphatic hydroxyl groups is 1.